The lowest BCUT2D eigenvalue weighted by Crippen LogP contribution is -2.65. The van der Waals surface area contributed by atoms with Crippen molar-refractivity contribution in [2.24, 2.45) is 0 Å². The van der Waals surface area contributed by atoms with E-state index in [-0.39, 0.29) is 18.9 Å². The van der Waals surface area contributed by atoms with Crippen LogP contribution in [-0.4, -0.2) is 140 Å². The van der Waals surface area contributed by atoms with Crippen molar-refractivity contribution >= 4 is 5.91 Å². The van der Waals surface area contributed by atoms with Crippen molar-refractivity contribution in [3.63, 3.8) is 0 Å². The Balaban J connectivity index is 1.68. The highest BCUT2D eigenvalue weighted by atomic mass is 16.7. The zero-order chi connectivity index (χ0) is 59.5. The molecule has 0 aromatic rings. The van der Waals surface area contributed by atoms with Crippen LogP contribution in [0, 0.1) is 0 Å². The Kier molecular flexibility index (Phi) is 50.5. The van der Waals surface area contributed by atoms with Gasteiger partial charge in [-0.15, -0.1) is 0 Å². The predicted molar refractivity (Wildman–Crippen MR) is 332 cm³/mol. The van der Waals surface area contributed by atoms with Gasteiger partial charge in [0.05, 0.1) is 32.0 Å². The minimum absolute atomic E-state index is 0.231. The SMILES string of the molecule is CCCCCCCCCCCCCCCCCCCCCC/C=C/C(O)C(COC1OC(CO)C(OC2OC(CO)C(O)C(O)C2O)C(O)C1O)NC(=O)CCCCCCCCCCCCCCCCCCCCCCCCCCCC. The summed E-state index contributed by atoms with van der Waals surface area (Å²) in [4.78, 5) is 13.3. The third kappa shape index (κ3) is 38.1. The first-order valence-electron chi connectivity index (χ1n) is 34.9. The summed E-state index contributed by atoms with van der Waals surface area (Å²) < 4.78 is 22.9. The molecule has 12 atom stereocenters. The Bertz CT molecular complexity index is 1420. The standard InChI is InChI=1S/C68H131NO13/c1-3-5-7-9-11-13-15-17-19-21-23-25-27-28-29-30-32-34-36-38-40-42-44-46-48-50-52-60(73)69-56(55-79-67-65(78)63(76)66(59(54-71)81-67)82-68-64(77)62(75)61(74)58(53-70)80-68)57(72)51-49-47-45-43-41-39-37-35-33-31-26-24-22-20-18-16-14-12-10-8-6-4-2/h49,51,56-59,61-68,70-72,74-78H,3-48,50,52-55H2,1-2H3,(H,69,73)/b51-49+. The van der Waals surface area contributed by atoms with Crippen LogP contribution in [-0.2, 0) is 23.7 Å². The van der Waals surface area contributed by atoms with Gasteiger partial charge in [-0.3, -0.25) is 4.79 Å². The average molecular weight is 1170 g/mol. The highest BCUT2D eigenvalue weighted by molar-refractivity contribution is 5.76. The maximum Gasteiger partial charge on any atom is 0.220 e. The highest BCUT2D eigenvalue weighted by Crippen LogP contribution is 2.30. The van der Waals surface area contributed by atoms with Crippen molar-refractivity contribution < 1.29 is 64.6 Å². The molecular formula is C68H131NO13. The monoisotopic (exact) mass is 1170 g/mol. The molecule has 0 aromatic heterocycles. The van der Waals surface area contributed by atoms with E-state index in [1.54, 1.807) is 6.08 Å². The summed E-state index contributed by atoms with van der Waals surface area (Å²) >= 11 is 0. The second-order valence-electron chi connectivity index (χ2n) is 25.0. The Labute approximate surface area is 501 Å². The number of hydrogen-bond donors (Lipinski definition) is 9. The van der Waals surface area contributed by atoms with Crippen LogP contribution in [0.15, 0.2) is 12.2 Å². The molecule has 2 heterocycles. The largest absolute Gasteiger partial charge is 0.394 e. The van der Waals surface area contributed by atoms with Crippen LogP contribution in [0.2, 0.25) is 0 Å². The Morgan fingerprint density at radius 2 is 0.756 bits per heavy atom. The van der Waals surface area contributed by atoms with E-state index in [2.05, 4.69) is 19.2 Å². The fourth-order valence-electron chi connectivity index (χ4n) is 11.9. The molecule has 0 aromatic carbocycles. The highest BCUT2D eigenvalue weighted by Gasteiger charge is 2.51. The number of carbonyl (C=O) groups excluding carboxylic acids is 1. The van der Waals surface area contributed by atoms with E-state index in [0.29, 0.717) is 0 Å². The number of ether oxygens (including phenoxy) is 4. The number of unbranched alkanes of at least 4 members (excludes halogenated alkanes) is 45. The molecule has 0 spiro atoms. The first-order valence-corrected chi connectivity index (χ1v) is 34.9. The number of carbonyl (C=O) groups is 1. The van der Waals surface area contributed by atoms with Gasteiger partial charge in [0.1, 0.15) is 48.8 Å². The second kappa shape index (κ2) is 53.9. The quantitative estimate of drug-likeness (QED) is 0.0204. The minimum atomic E-state index is -1.79. The Hall–Kier alpha value is -1.27. The fraction of sp³-hybridized carbons (Fsp3) is 0.956. The van der Waals surface area contributed by atoms with E-state index >= 15 is 0 Å². The molecule has 2 fully saturated rings. The van der Waals surface area contributed by atoms with Gasteiger partial charge in [0.15, 0.2) is 12.6 Å². The van der Waals surface area contributed by atoms with Crippen molar-refractivity contribution in [1.82, 2.24) is 5.32 Å². The Morgan fingerprint density at radius 3 is 1.12 bits per heavy atom. The molecule has 486 valence electrons. The lowest BCUT2D eigenvalue weighted by molar-refractivity contribution is -0.359. The molecule has 1 amide bonds. The van der Waals surface area contributed by atoms with Crippen molar-refractivity contribution in [3.05, 3.63) is 12.2 Å². The third-order valence-corrected chi connectivity index (χ3v) is 17.5. The molecular weight excluding hydrogens is 1040 g/mol. The Morgan fingerprint density at radius 1 is 0.427 bits per heavy atom. The van der Waals surface area contributed by atoms with Crippen molar-refractivity contribution in [2.75, 3.05) is 19.8 Å². The normalized spacial score (nSPS) is 23.9. The van der Waals surface area contributed by atoms with Crippen LogP contribution >= 0.6 is 0 Å². The molecule has 0 aliphatic carbocycles. The summed E-state index contributed by atoms with van der Waals surface area (Å²) in [6, 6.07) is -0.911. The topological polar surface area (TPSA) is 228 Å². The maximum atomic E-state index is 13.3. The van der Waals surface area contributed by atoms with Gasteiger partial charge in [-0.05, 0) is 19.3 Å². The molecule has 0 saturated carbocycles. The van der Waals surface area contributed by atoms with Gasteiger partial charge in [-0.1, -0.05) is 309 Å². The van der Waals surface area contributed by atoms with Gasteiger partial charge in [-0.25, -0.2) is 0 Å². The van der Waals surface area contributed by atoms with Gasteiger partial charge in [-0.2, -0.15) is 0 Å². The average Bonchev–Trinajstić information content (AvgIpc) is 3.56. The number of aliphatic hydroxyl groups is 8. The van der Waals surface area contributed by atoms with E-state index in [0.717, 1.165) is 44.9 Å². The van der Waals surface area contributed by atoms with Gasteiger partial charge < -0.3 is 65.1 Å². The summed E-state index contributed by atoms with van der Waals surface area (Å²) in [6.07, 6.45) is 48.3. The van der Waals surface area contributed by atoms with Crippen molar-refractivity contribution in [1.29, 1.82) is 0 Å². The van der Waals surface area contributed by atoms with Gasteiger partial charge in [0, 0.05) is 6.42 Å². The van der Waals surface area contributed by atoms with E-state index in [1.165, 1.54) is 257 Å². The third-order valence-electron chi connectivity index (χ3n) is 17.5. The van der Waals surface area contributed by atoms with E-state index in [9.17, 15) is 45.6 Å². The zero-order valence-corrected chi connectivity index (χ0v) is 52.8. The maximum absolute atomic E-state index is 13.3. The van der Waals surface area contributed by atoms with Crippen molar-refractivity contribution in [3.8, 4) is 0 Å². The number of amides is 1. The number of hydrogen-bond acceptors (Lipinski definition) is 13. The summed E-state index contributed by atoms with van der Waals surface area (Å²) in [6.45, 7) is 2.86. The first-order chi connectivity index (χ1) is 40.1. The van der Waals surface area contributed by atoms with E-state index in [1.807, 2.05) is 6.08 Å². The molecule has 0 radical (unpaired) electrons. The number of rotatable bonds is 58. The van der Waals surface area contributed by atoms with Crippen LogP contribution in [0.4, 0.5) is 0 Å². The predicted octanol–water partition coefficient (Wildman–Crippen LogP) is 13.8. The summed E-state index contributed by atoms with van der Waals surface area (Å²) in [5.41, 5.74) is 0. The molecule has 9 N–H and O–H groups in total. The molecule has 14 heteroatoms. The molecule has 2 saturated heterocycles. The lowest BCUT2D eigenvalue weighted by Gasteiger charge is -2.46. The van der Waals surface area contributed by atoms with Gasteiger partial charge in [0.25, 0.3) is 0 Å². The van der Waals surface area contributed by atoms with E-state index < -0.39 is 86.8 Å². The molecule has 0 bridgehead atoms. The lowest BCUT2D eigenvalue weighted by atomic mass is 9.97. The molecule has 2 rings (SSSR count). The van der Waals surface area contributed by atoms with Gasteiger partial charge in [0.2, 0.25) is 5.91 Å². The summed E-state index contributed by atoms with van der Waals surface area (Å²) in [7, 11) is 0. The van der Waals surface area contributed by atoms with Crippen LogP contribution in [0.25, 0.3) is 0 Å². The zero-order valence-electron chi connectivity index (χ0n) is 52.8. The number of aliphatic hydroxyl groups excluding tert-OH is 8. The van der Waals surface area contributed by atoms with E-state index in [4.69, 9.17) is 18.9 Å². The number of allylic oxidation sites excluding steroid dienone is 1. The molecule has 2 aliphatic heterocycles. The van der Waals surface area contributed by atoms with Crippen LogP contribution in [0.1, 0.15) is 322 Å². The van der Waals surface area contributed by atoms with Crippen LogP contribution in [0.5, 0.6) is 0 Å². The fourth-order valence-corrected chi connectivity index (χ4v) is 11.9. The van der Waals surface area contributed by atoms with Crippen LogP contribution < -0.4 is 5.32 Å². The minimum Gasteiger partial charge on any atom is -0.394 e. The second-order valence-corrected chi connectivity index (χ2v) is 25.0. The van der Waals surface area contributed by atoms with Crippen LogP contribution in [0.3, 0.4) is 0 Å². The van der Waals surface area contributed by atoms with Gasteiger partial charge >= 0.3 is 0 Å². The van der Waals surface area contributed by atoms with Crippen molar-refractivity contribution in [2.45, 2.75) is 396 Å². The first kappa shape index (κ1) is 76.8. The molecule has 82 heavy (non-hydrogen) atoms. The number of nitrogens with one attached hydrogen (secondary N) is 1. The molecule has 14 nitrogen and oxygen atoms in total. The molecule has 2 aliphatic rings. The summed E-state index contributed by atoms with van der Waals surface area (Å²) in [5, 5.41) is 87.4. The molecule has 12 unspecified atom stereocenters. The summed E-state index contributed by atoms with van der Waals surface area (Å²) in [5.74, 6) is -0.231. The smallest absolute Gasteiger partial charge is 0.220 e.